The summed E-state index contributed by atoms with van der Waals surface area (Å²) in [5, 5.41) is 4.17. The van der Waals surface area contributed by atoms with E-state index in [1.807, 2.05) is 26.0 Å². The van der Waals surface area contributed by atoms with Gasteiger partial charge in [-0.3, -0.25) is 9.78 Å². The van der Waals surface area contributed by atoms with Gasteiger partial charge in [-0.15, -0.1) is 0 Å². The quantitative estimate of drug-likeness (QED) is 0.690. The van der Waals surface area contributed by atoms with E-state index >= 15 is 0 Å². The van der Waals surface area contributed by atoms with E-state index in [4.69, 9.17) is 4.74 Å². The molecule has 0 radical (unpaired) electrons. The first-order chi connectivity index (χ1) is 10.2. The zero-order valence-electron chi connectivity index (χ0n) is 11.9. The van der Waals surface area contributed by atoms with Gasteiger partial charge in [-0.2, -0.15) is 5.10 Å². The fraction of sp³-hybridized carbons (Fsp3) is 0.188. The molecule has 0 aliphatic heterocycles. The number of hydrogen-bond acceptors (Lipinski definition) is 4. The zero-order chi connectivity index (χ0) is 14.8. The van der Waals surface area contributed by atoms with Crippen molar-refractivity contribution in [3.63, 3.8) is 0 Å². The molecule has 3 rings (SSSR count). The van der Waals surface area contributed by atoms with Crippen molar-refractivity contribution >= 4 is 11.3 Å². The molecule has 0 aliphatic rings. The molecule has 0 spiro atoms. The predicted octanol–water partition coefficient (Wildman–Crippen LogP) is 2.75. The molecule has 0 amide bonds. The van der Waals surface area contributed by atoms with Crippen molar-refractivity contribution < 1.29 is 9.53 Å². The summed E-state index contributed by atoms with van der Waals surface area (Å²) in [4.78, 5) is 16.8. The van der Waals surface area contributed by atoms with Crippen LogP contribution in [0.15, 0.2) is 49.1 Å². The molecule has 21 heavy (non-hydrogen) atoms. The second-order valence-electron chi connectivity index (χ2n) is 4.96. The minimum atomic E-state index is -0.116. The molecule has 0 bridgehead atoms. The minimum Gasteiger partial charge on any atom is -0.490 e. The molecule has 2 heterocycles. The summed E-state index contributed by atoms with van der Waals surface area (Å²) in [5.74, 6) is 0.468. The highest BCUT2D eigenvalue weighted by atomic mass is 16.5. The summed E-state index contributed by atoms with van der Waals surface area (Å²) >= 11 is 0. The van der Waals surface area contributed by atoms with E-state index in [0.717, 1.165) is 0 Å². The van der Waals surface area contributed by atoms with Crippen LogP contribution in [0.2, 0.25) is 0 Å². The van der Waals surface area contributed by atoms with Crippen molar-refractivity contribution in [3.8, 4) is 5.75 Å². The molecule has 0 unspecified atom stereocenters. The van der Waals surface area contributed by atoms with E-state index in [1.165, 1.54) is 0 Å². The summed E-state index contributed by atoms with van der Waals surface area (Å²) in [7, 11) is 0. The number of ether oxygens (including phenoxy) is 1. The lowest BCUT2D eigenvalue weighted by atomic mass is 10.0. The van der Waals surface area contributed by atoms with Crippen LogP contribution in [0.3, 0.4) is 0 Å². The Morgan fingerprint density at radius 3 is 2.81 bits per heavy atom. The highest BCUT2D eigenvalue weighted by Crippen LogP contribution is 2.24. The number of para-hydroxylation sites is 1. The maximum Gasteiger partial charge on any atom is 0.200 e. The summed E-state index contributed by atoms with van der Waals surface area (Å²) in [5.41, 5.74) is 1.73. The maximum atomic E-state index is 12.8. The molecule has 3 aromatic rings. The number of nitrogens with zero attached hydrogens (tertiary/aromatic N) is 3. The molecule has 0 saturated carbocycles. The Hall–Kier alpha value is -2.69. The van der Waals surface area contributed by atoms with E-state index in [-0.39, 0.29) is 11.9 Å². The number of rotatable bonds is 4. The van der Waals surface area contributed by atoms with Crippen LogP contribution in [-0.2, 0) is 0 Å². The van der Waals surface area contributed by atoms with Gasteiger partial charge in [-0.1, -0.05) is 12.1 Å². The monoisotopic (exact) mass is 281 g/mol. The van der Waals surface area contributed by atoms with Crippen molar-refractivity contribution in [2.75, 3.05) is 0 Å². The van der Waals surface area contributed by atoms with E-state index in [9.17, 15) is 4.79 Å². The lowest BCUT2D eigenvalue weighted by Gasteiger charge is -2.13. The van der Waals surface area contributed by atoms with Crippen LogP contribution in [-0.4, -0.2) is 26.5 Å². The van der Waals surface area contributed by atoms with E-state index in [1.54, 1.807) is 41.4 Å². The number of fused-ring (bicyclic) bond motifs is 1. The SMILES string of the molecule is CC(C)Oc1ccccc1C(=O)c1cnn2ccncc12. The second kappa shape index (κ2) is 5.36. The van der Waals surface area contributed by atoms with Gasteiger partial charge in [-0.25, -0.2) is 4.52 Å². The molecule has 0 N–H and O–H groups in total. The average molecular weight is 281 g/mol. The third-order valence-corrected chi connectivity index (χ3v) is 3.06. The van der Waals surface area contributed by atoms with Crippen molar-refractivity contribution in [1.29, 1.82) is 0 Å². The van der Waals surface area contributed by atoms with Crippen LogP contribution >= 0.6 is 0 Å². The second-order valence-corrected chi connectivity index (χ2v) is 4.96. The number of carbonyl (C=O) groups is 1. The van der Waals surface area contributed by atoms with Crippen LogP contribution < -0.4 is 4.74 Å². The standard InChI is InChI=1S/C16H15N3O2/c1-11(2)21-15-6-4-3-5-12(15)16(20)13-9-18-19-8-7-17-10-14(13)19/h3-11H,1-2H3. The van der Waals surface area contributed by atoms with Crippen molar-refractivity contribution in [3.05, 3.63) is 60.2 Å². The summed E-state index contributed by atoms with van der Waals surface area (Å²) in [6.45, 7) is 3.86. The van der Waals surface area contributed by atoms with Crippen LogP contribution in [0.1, 0.15) is 29.8 Å². The van der Waals surface area contributed by atoms with Gasteiger partial charge in [-0.05, 0) is 26.0 Å². The van der Waals surface area contributed by atoms with E-state index in [2.05, 4.69) is 10.1 Å². The van der Waals surface area contributed by atoms with Gasteiger partial charge in [0.15, 0.2) is 0 Å². The Bertz CT molecular complexity index is 793. The predicted molar refractivity (Wildman–Crippen MR) is 78.6 cm³/mol. The molecule has 2 aromatic heterocycles. The van der Waals surface area contributed by atoms with Gasteiger partial charge in [0, 0.05) is 12.4 Å². The summed E-state index contributed by atoms with van der Waals surface area (Å²) in [6, 6.07) is 7.24. The highest BCUT2D eigenvalue weighted by molar-refractivity contribution is 6.14. The zero-order valence-corrected chi connectivity index (χ0v) is 11.9. The van der Waals surface area contributed by atoms with Crippen molar-refractivity contribution in [1.82, 2.24) is 14.6 Å². The highest BCUT2D eigenvalue weighted by Gasteiger charge is 2.19. The lowest BCUT2D eigenvalue weighted by molar-refractivity contribution is 0.103. The first kappa shape index (κ1) is 13.3. The van der Waals surface area contributed by atoms with Gasteiger partial charge in [0.25, 0.3) is 0 Å². The van der Waals surface area contributed by atoms with Crippen LogP contribution in [0.4, 0.5) is 0 Å². The van der Waals surface area contributed by atoms with Gasteiger partial charge in [0.1, 0.15) is 5.75 Å². The van der Waals surface area contributed by atoms with Crippen molar-refractivity contribution in [2.45, 2.75) is 20.0 Å². The fourth-order valence-corrected chi connectivity index (χ4v) is 2.17. The Morgan fingerprint density at radius 1 is 1.19 bits per heavy atom. The molecule has 0 saturated heterocycles. The molecule has 0 atom stereocenters. The Labute approximate surface area is 122 Å². The van der Waals surface area contributed by atoms with Gasteiger partial charge in [0.2, 0.25) is 5.78 Å². The Balaban J connectivity index is 2.06. The molecule has 106 valence electrons. The molecule has 0 aliphatic carbocycles. The smallest absolute Gasteiger partial charge is 0.200 e. The molecule has 5 heteroatoms. The topological polar surface area (TPSA) is 56.5 Å². The number of ketones is 1. The first-order valence-corrected chi connectivity index (χ1v) is 6.74. The molecular formula is C16H15N3O2. The van der Waals surface area contributed by atoms with E-state index < -0.39 is 0 Å². The maximum absolute atomic E-state index is 12.8. The third kappa shape index (κ3) is 2.50. The number of carbonyl (C=O) groups excluding carboxylic acids is 1. The molecule has 5 nitrogen and oxygen atoms in total. The van der Waals surface area contributed by atoms with Crippen LogP contribution in [0.25, 0.3) is 5.52 Å². The largest absolute Gasteiger partial charge is 0.490 e. The van der Waals surface area contributed by atoms with Crippen LogP contribution in [0, 0.1) is 0 Å². The minimum absolute atomic E-state index is 0.00419. The molecular weight excluding hydrogens is 266 g/mol. The average Bonchev–Trinajstić information content (AvgIpc) is 2.90. The number of benzene rings is 1. The summed E-state index contributed by atoms with van der Waals surface area (Å²) < 4.78 is 7.34. The van der Waals surface area contributed by atoms with Crippen molar-refractivity contribution in [2.24, 2.45) is 0 Å². The Morgan fingerprint density at radius 2 is 2.00 bits per heavy atom. The fourth-order valence-electron chi connectivity index (χ4n) is 2.17. The number of hydrogen-bond donors (Lipinski definition) is 0. The lowest BCUT2D eigenvalue weighted by Crippen LogP contribution is -2.10. The number of aromatic nitrogens is 3. The van der Waals surface area contributed by atoms with Gasteiger partial charge in [0.05, 0.1) is 35.1 Å². The van der Waals surface area contributed by atoms with Gasteiger partial charge >= 0.3 is 0 Å². The normalized spacial score (nSPS) is 11.0. The van der Waals surface area contributed by atoms with E-state index in [0.29, 0.717) is 22.4 Å². The first-order valence-electron chi connectivity index (χ1n) is 6.74. The molecule has 1 aromatic carbocycles. The van der Waals surface area contributed by atoms with Crippen LogP contribution in [0.5, 0.6) is 5.75 Å². The third-order valence-electron chi connectivity index (χ3n) is 3.06. The molecule has 0 fully saturated rings. The summed E-state index contributed by atoms with van der Waals surface area (Å²) in [6.07, 6.45) is 6.54. The van der Waals surface area contributed by atoms with Gasteiger partial charge < -0.3 is 4.74 Å². The Kier molecular flexibility index (Phi) is 3.39.